The number of aliphatic carboxylic acids is 1. The zero-order valence-electron chi connectivity index (χ0n) is 9.47. The summed E-state index contributed by atoms with van der Waals surface area (Å²) >= 11 is 4.55. The minimum atomic E-state index is -0.745. The van der Waals surface area contributed by atoms with Crippen molar-refractivity contribution < 1.29 is 14.4 Å². The van der Waals surface area contributed by atoms with Crippen molar-refractivity contribution in [2.45, 2.75) is 26.3 Å². The maximum atomic E-state index is 10.4. The topological polar surface area (TPSA) is 37.3 Å². The van der Waals surface area contributed by atoms with Gasteiger partial charge in [0.25, 0.3) is 0 Å². The van der Waals surface area contributed by atoms with Gasteiger partial charge in [-0.15, -0.1) is 0 Å². The largest absolute Gasteiger partial charge is 0.477 e. The quantitative estimate of drug-likeness (QED) is 0.418. The Balaban J connectivity index is 0. The molecule has 3 nitrogen and oxygen atoms in total. The number of alkyl halides is 2. The lowest BCUT2D eigenvalue weighted by molar-refractivity contribution is -0.928. The molecule has 0 saturated heterocycles. The molecule has 5 heteroatoms. The molecule has 86 valence electrons. The molecule has 0 spiro atoms. The Morgan fingerprint density at radius 2 is 1.57 bits per heavy atom. The first-order valence-electron chi connectivity index (χ1n) is 4.25. The maximum Gasteiger partial charge on any atom is 0.359 e. The van der Waals surface area contributed by atoms with Crippen molar-refractivity contribution in [3.8, 4) is 0 Å². The first kappa shape index (κ1) is 17.3. The highest BCUT2D eigenvalue weighted by Crippen LogP contribution is 2.17. The van der Waals surface area contributed by atoms with Crippen LogP contribution in [0.3, 0.4) is 0 Å². The van der Waals surface area contributed by atoms with Crippen LogP contribution in [0.2, 0.25) is 0 Å². The van der Waals surface area contributed by atoms with E-state index in [1.54, 1.807) is 0 Å². The third kappa shape index (κ3) is 8.22. The molecule has 1 N–H and O–H groups in total. The number of hydrogen-bond donors (Lipinski definition) is 1. The van der Waals surface area contributed by atoms with Crippen LogP contribution in [0.25, 0.3) is 0 Å². The fourth-order valence-corrected chi connectivity index (χ4v) is 0.575. The molecule has 0 unspecified atom stereocenters. The van der Waals surface area contributed by atoms with Gasteiger partial charge in [-0.05, 0) is 20.8 Å². The minimum absolute atomic E-state index is 0.0155. The van der Waals surface area contributed by atoms with Crippen LogP contribution < -0.4 is 0 Å². The molecule has 14 heavy (non-hydrogen) atoms. The molecule has 0 aromatic rings. The molecule has 0 bridgehead atoms. The second-order valence-electron chi connectivity index (χ2n) is 4.51. The van der Waals surface area contributed by atoms with E-state index in [-0.39, 0.29) is 12.1 Å². The van der Waals surface area contributed by atoms with Crippen LogP contribution >= 0.6 is 45.2 Å². The van der Waals surface area contributed by atoms with E-state index in [0.717, 1.165) is 0 Å². The molecule has 0 rings (SSSR count). The van der Waals surface area contributed by atoms with Gasteiger partial charge in [0.15, 0.2) is 6.54 Å². The predicted molar refractivity (Wildman–Crippen MR) is 77.3 cm³/mol. The Labute approximate surface area is 114 Å². The molecule has 0 heterocycles. The summed E-state index contributed by atoms with van der Waals surface area (Å²) in [6, 6.07) is 0. The van der Waals surface area contributed by atoms with E-state index in [1.165, 1.54) is 2.43 Å². The van der Waals surface area contributed by atoms with Gasteiger partial charge in [0.1, 0.15) is 0 Å². The van der Waals surface area contributed by atoms with Gasteiger partial charge >= 0.3 is 5.97 Å². The first-order chi connectivity index (χ1) is 6.08. The number of halogens is 2. The van der Waals surface area contributed by atoms with Gasteiger partial charge in [-0.2, -0.15) is 0 Å². The molecule has 0 aromatic heterocycles. The van der Waals surface area contributed by atoms with Gasteiger partial charge < -0.3 is 9.59 Å². The fraction of sp³-hybridized carbons (Fsp3) is 0.889. The van der Waals surface area contributed by atoms with Crippen molar-refractivity contribution in [2.75, 3.05) is 23.1 Å². The number of nitrogens with zero attached hydrogens (tertiary/aromatic N) is 1. The molecule has 0 atom stereocenters. The summed E-state index contributed by atoms with van der Waals surface area (Å²) in [4.78, 5) is 10.4. The van der Waals surface area contributed by atoms with Crippen LogP contribution in [-0.4, -0.2) is 44.2 Å². The van der Waals surface area contributed by atoms with Crippen LogP contribution in [0.5, 0.6) is 0 Å². The van der Waals surface area contributed by atoms with Gasteiger partial charge in [0.2, 0.25) is 0 Å². The third-order valence-electron chi connectivity index (χ3n) is 2.35. The Morgan fingerprint density at radius 1 is 1.29 bits per heavy atom. The minimum Gasteiger partial charge on any atom is -0.477 e. The Bertz CT molecular complexity index is 176. The van der Waals surface area contributed by atoms with Gasteiger partial charge in [-0.3, -0.25) is 0 Å². The lowest BCUT2D eigenvalue weighted by Crippen LogP contribution is -2.56. The highest BCUT2D eigenvalue weighted by Gasteiger charge is 2.33. The number of carboxylic acid groups (broad SMARTS) is 1. The van der Waals surface area contributed by atoms with Gasteiger partial charge in [0.05, 0.1) is 22.1 Å². The molecular formula is C9H20I2NO2+. The summed E-state index contributed by atoms with van der Waals surface area (Å²) in [5, 5.41) is 8.60. The summed E-state index contributed by atoms with van der Waals surface area (Å²) in [7, 11) is 3.85. The molecule has 0 aliphatic heterocycles. The Morgan fingerprint density at radius 3 is 1.64 bits per heavy atom. The van der Waals surface area contributed by atoms with Crippen LogP contribution in [0.15, 0.2) is 0 Å². The van der Waals surface area contributed by atoms with Gasteiger partial charge in [-0.1, -0.05) is 45.2 Å². The highest BCUT2D eigenvalue weighted by molar-refractivity contribution is 14.2. The van der Waals surface area contributed by atoms with E-state index in [0.29, 0.717) is 4.48 Å². The zero-order valence-corrected chi connectivity index (χ0v) is 13.8. The number of carboxylic acids is 1. The third-order valence-corrected chi connectivity index (χ3v) is 2.35. The van der Waals surface area contributed by atoms with Crippen LogP contribution in [0.4, 0.5) is 0 Å². The van der Waals surface area contributed by atoms with Crippen molar-refractivity contribution in [1.29, 1.82) is 0 Å². The number of rotatable bonds is 2. The van der Waals surface area contributed by atoms with Gasteiger partial charge in [-0.25, -0.2) is 4.79 Å². The fourth-order valence-electron chi connectivity index (χ4n) is 0.575. The average Bonchev–Trinajstić information content (AvgIpc) is 1.82. The standard InChI is InChI=1S/C8H17NO2.CH2I2/c1-8(2,3)9(4,5)6-7(10)11;2-1-3/h6H2,1-5H3;1H2/p+1. The smallest absolute Gasteiger partial charge is 0.359 e. The number of quaternary nitrogens is 1. The normalized spacial score (nSPS) is 11.6. The molecule has 0 saturated carbocycles. The lowest BCUT2D eigenvalue weighted by atomic mass is 10.0. The molecule has 0 aliphatic carbocycles. The molecular weight excluding hydrogens is 408 g/mol. The molecule has 0 fully saturated rings. The summed E-state index contributed by atoms with van der Waals surface area (Å²) in [5.74, 6) is -0.745. The van der Waals surface area contributed by atoms with Crippen LogP contribution in [0.1, 0.15) is 20.8 Å². The second kappa shape index (κ2) is 7.21. The van der Waals surface area contributed by atoms with Crippen molar-refractivity contribution in [3.05, 3.63) is 0 Å². The maximum absolute atomic E-state index is 10.4. The first-order valence-corrected chi connectivity index (χ1v) is 7.30. The van der Waals surface area contributed by atoms with E-state index in [2.05, 4.69) is 45.2 Å². The second-order valence-corrected chi connectivity index (χ2v) is 8.95. The van der Waals surface area contributed by atoms with Crippen molar-refractivity contribution >= 4 is 51.2 Å². The van der Waals surface area contributed by atoms with Crippen molar-refractivity contribution in [3.63, 3.8) is 0 Å². The Hall–Kier alpha value is 0.890. The molecule has 0 aliphatic rings. The summed E-state index contributed by atoms with van der Waals surface area (Å²) in [6.07, 6.45) is 0. The van der Waals surface area contributed by atoms with Crippen LogP contribution in [-0.2, 0) is 4.79 Å². The predicted octanol–water partition coefficient (Wildman–Crippen LogP) is 2.76. The number of carbonyl (C=O) groups is 1. The molecule has 0 aromatic carbocycles. The molecule has 0 amide bonds. The summed E-state index contributed by atoms with van der Waals surface area (Å²) in [6.45, 7) is 6.28. The summed E-state index contributed by atoms with van der Waals surface area (Å²) in [5.41, 5.74) is -0.0155. The zero-order chi connectivity index (χ0) is 12.0. The molecule has 0 radical (unpaired) electrons. The lowest BCUT2D eigenvalue weighted by Gasteiger charge is -2.40. The number of likely N-dealkylation sites (N-methyl/N-ethyl adjacent to an activating group) is 1. The van der Waals surface area contributed by atoms with Gasteiger partial charge in [0, 0.05) is 0 Å². The van der Waals surface area contributed by atoms with E-state index in [4.69, 9.17) is 5.11 Å². The van der Waals surface area contributed by atoms with E-state index in [9.17, 15) is 4.79 Å². The average molecular weight is 428 g/mol. The summed E-state index contributed by atoms with van der Waals surface area (Å²) < 4.78 is 1.69. The van der Waals surface area contributed by atoms with E-state index in [1.807, 2.05) is 34.9 Å². The number of hydrogen-bond acceptors (Lipinski definition) is 1. The van der Waals surface area contributed by atoms with Crippen molar-refractivity contribution in [2.24, 2.45) is 0 Å². The highest BCUT2D eigenvalue weighted by atomic mass is 127. The van der Waals surface area contributed by atoms with E-state index >= 15 is 0 Å². The SMILES string of the molecule is CC(C)(C)[N+](C)(C)CC(=O)O.ICI. The van der Waals surface area contributed by atoms with Crippen LogP contribution in [0, 0.1) is 0 Å². The van der Waals surface area contributed by atoms with E-state index < -0.39 is 5.97 Å². The van der Waals surface area contributed by atoms with Crippen molar-refractivity contribution in [1.82, 2.24) is 0 Å². The monoisotopic (exact) mass is 428 g/mol. The Kier molecular flexibility index (Phi) is 8.91.